The van der Waals surface area contributed by atoms with Crippen LogP contribution in [0.25, 0.3) is 0 Å². The summed E-state index contributed by atoms with van der Waals surface area (Å²) in [6.07, 6.45) is 8.20. The Hall–Kier alpha value is -0.300. The SMILES string of the molecule is BrC(CCCCc1ccccc1)C1CC1. The molecule has 0 aromatic heterocycles. The van der Waals surface area contributed by atoms with Crippen LogP contribution < -0.4 is 0 Å². The second-order valence-corrected chi connectivity index (χ2v) is 5.76. The first-order valence-corrected chi connectivity index (χ1v) is 6.96. The summed E-state index contributed by atoms with van der Waals surface area (Å²) in [6.45, 7) is 0. The Morgan fingerprint density at radius 3 is 2.53 bits per heavy atom. The third-order valence-electron chi connectivity index (χ3n) is 3.17. The molecule has 1 heteroatoms. The monoisotopic (exact) mass is 266 g/mol. The molecule has 0 radical (unpaired) electrons. The largest absolute Gasteiger partial charge is 0.0888 e. The maximum absolute atomic E-state index is 3.79. The maximum atomic E-state index is 3.79. The van der Waals surface area contributed by atoms with E-state index < -0.39 is 0 Å². The molecule has 0 N–H and O–H groups in total. The fourth-order valence-corrected chi connectivity index (χ4v) is 2.86. The Morgan fingerprint density at radius 2 is 1.87 bits per heavy atom. The van der Waals surface area contributed by atoms with Crippen molar-refractivity contribution in [3.63, 3.8) is 0 Å². The van der Waals surface area contributed by atoms with Crippen molar-refractivity contribution in [2.45, 2.75) is 43.4 Å². The Morgan fingerprint density at radius 1 is 1.13 bits per heavy atom. The minimum absolute atomic E-state index is 0.799. The van der Waals surface area contributed by atoms with E-state index in [1.165, 1.54) is 44.1 Å². The summed E-state index contributed by atoms with van der Waals surface area (Å²) in [7, 11) is 0. The van der Waals surface area contributed by atoms with E-state index >= 15 is 0 Å². The van der Waals surface area contributed by atoms with E-state index in [4.69, 9.17) is 0 Å². The zero-order valence-electron chi connectivity index (χ0n) is 9.16. The third-order valence-corrected chi connectivity index (χ3v) is 4.38. The van der Waals surface area contributed by atoms with Crippen LogP contribution in [0.2, 0.25) is 0 Å². The van der Waals surface area contributed by atoms with E-state index in [-0.39, 0.29) is 0 Å². The highest BCUT2D eigenvalue weighted by atomic mass is 79.9. The maximum Gasteiger partial charge on any atom is 0.0174 e. The molecule has 0 saturated heterocycles. The zero-order valence-corrected chi connectivity index (χ0v) is 10.7. The van der Waals surface area contributed by atoms with Crippen LogP contribution in [0.3, 0.4) is 0 Å². The standard InChI is InChI=1S/C14H19Br/c15-14(13-10-11-13)9-5-4-8-12-6-2-1-3-7-12/h1-3,6-7,13-14H,4-5,8-11H2. The number of alkyl halides is 1. The molecule has 1 aromatic rings. The lowest BCUT2D eigenvalue weighted by Crippen LogP contribution is -2.00. The number of hydrogen-bond acceptors (Lipinski definition) is 0. The van der Waals surface area contributed by atoms with Gasteiger partial charge in [0.25, 0.3) is 0 Å². The first-order chi connectivity index (χ1) is 7.36. The van der Waals surface area contributed by atoms with Gasteiger partial charge in [-0.05, 0) is 43.6 Å². The van der Waals surface area contributed by atoms with E-state index in [2.05, 4.69) is 46.3 Å². The van der Waals surface area contributed by atoms with Crippen LogP contribution in [0.4, 0.5) is 0 Å². The van der Waals surface area contributed by atoms with Crippen LogP contribution in [0.5, 0.6) is 0 Å². The van der Waals surface area contributed by atoms with Gasteiger partial charge in [-0.25, -0.2) is 0 Å². The van der Waals surface area contributed by atoms with E-state index in [1.807, 2.05) is 0 Å². The smallest absolute Gasteiger partial charge is 0.0174 e. The molecule has 1 aliphatic carbocycles. The minimum Gasteiger partial charge on any atom is -0.0888 e. The summed E-state index contributed by atoms with van der Waals surface area (Å²) >= 11 is 3.79. The van der Waals surface area contributed by atoms with Crippen molar-refractivity contribution in [3.8, 4) is 0 Å². The summed E-state index contributed by atoms with van der Waals surface area (Å²) in [5.74, 6) is 1.00. The molecular formula is C14H19Br. The number of benzene rings is 1. The Labute approximate surface area is 101 Å². The first kappa shape index (κ1) is 11.2. The Balaban J connectivity index is 1.58. The lowest BCUT2D eigenvalue weighted by Gasteiger charge is -2.07. The molecule has 15 heavy (non-hydrogen) atoms. The van der Waals surface area contributed by atoms with Gasteiger partial charge >= 0.3 is 0 Å². The lowest BCUT2D eigenvalue weighted by atomic mass is 10.1. The number of aryl methyl sites for hydroxylation is 1. The molecule has 0 bridgehead atoms. The molecule has 0 amide bonds. The topological polar surface area (TPSA) is 0 Å². The number of unbranched alkanes of at least 4 members (excludes halogenated alkanes) is 1. The predicted molar refractivity (Wildman–Crippen MR) is 69.4 cm³/mol. The zero-order chi connectivity index (χ0) is 10.5. The van der Waals surface area contributed by atoms with Gasteiger partial charge in [0.2, 0.25) is 0 Å². The van der Waals surface area contributed by atoms with E-state index in [1.54, 1.807) is 0 Å². The van der Waals surface area contributed by atoms with Gasteiger partial charge in [-0.2, -0.15) is 0 Å². The summed E-state index contributed by atoms with van der Waals surface area (Å²) in [5, 5.41) is 0. The van der Waals surface area contributed by atoms with Crippen molar-refractivity contribution in [2.24, 2.45) is 5.92 Å². The second-order valence-electron chi connectivity index (χ2n) is 4.58. The van der Waals surface area contributed by atoms with Gasteiger partial charge in [-0.15, -0.1) is 0 Å². The van der Waals surface area contributed by atoms with E-state index in [0.717, 1.165) is 10.7 Å². The molecule has 1 saturated carbocycles. The van der Waals surface area contributed by atoms with E-state index in [9.17, 15) is 0 Å². The average Bonchev–Trinajstić information content (AvgIpc) is 3.09. The van der Waals surface area contributed by atoms with Gasteiger partial charge in [-0.3, -0.25) is 0 Å². The van der Waals surface area contributed by atoms with Gasteiger partial charge in [0.15, 0.2) is 0 Å². The molecule has 0 nitrogen and oxygen atoms in total. The number of hydrogen-bond donors (Lipinski definition) is 0. The molecule has 82 valence electrons. The summed E-state index contributed by atoms with van der Waals surface area (Å²) < 4.78 is 0. The highest BCUT2D eigenvalue weighted by Crippen LogP contribution is 2.38. The van der Waals surface area contributed by atoms with Crippen molar-refractivity contribution < 1.29 is 0 Å². The third kappa shape index (κ3) is 3.98. The molecule has 1 unspecified atom stereocenters. The van der Waals surface area contributed by atoms with E-state index in [0.29, 0.717) is 0 Å². The fraction of sp³-hybridized carbons (Fsp3) is 0.571. The second kappa shape index (κ2) is 5.69. The molecule has 0 aliphatic heterocycles. The lowest BCUT2D eigenvalue weighted by molar-refractivity contribution is 0.623. The summed E-state index contributed by atoms with van der Waals surface area (Å²) in [5.41, 5.74) is 1.48. The van der Waals surface area contributed by atoms with Gasteiger partial charge in [0.05, 0.1) is 0 Å². The highest BCUT2D eigenvalue weighted by Gasteiger charge is 2.28. The van der Waals surface area contributed by atoms with Gasteiger partial charge < -0.3 is 0 Å². The molecule has 0 spiro atoms. The Bertz CT molecular complexity index is 277. The number of halogens is 1. The van der Waals surface area contributed by atoms with Crippen LogP contribution in [-0.2, 0) is 6.42 Å². The molecule has 1 fully saturated rings. The van der Waals surface area contributed by atoms with Crippen molar-refractivity contribution in [3.05, 3.63) is 35.9 Å². The van der Waals surface area contributed by atoms with Crippen LogP contribution in [0.1, 0.15) is 37.7 Å². The fourth-order valence-electron chi connectivity index (χ4n) is 2.01. The summed E-state index contributed by atoms with van der Waals surface area (Å²) in [6, 6.07) is 10.8. The molecule has 1 aromatic carbocycles. The van der Waals surface area contributed by atoms with Gasteiger partial charge in [-0.1, -0.05) is 52.7 Å². The Kier molecular flexibility index (Phi) is 4.25. The molecule has 1 atom stereocenters. The quantitative estimate of drug-likeness (QED) is 0.523. The van der Waals surface area contributed by atoms with Crippen molar-refractivity contribution >= 4 is 15.9 Å². The predicted octanol–water partition coefficient (Wildman–Crippen LogP) is 4.57. The normalized spacial score (nSPS) is 17.7. The molecule has 1 aliphatic rings. The average molecular weight is 267 g/mol. The van der Waals surface area contributed by atoms with Crippen LogP contribution >= 0.6 is 15.9 Å². The van der Waals surface area contributed by atoms with Crippen LogP contribution in [0, 0.1) is 5.92 Å². The van der Waals surface area contributed by atoms with Gasteiger partial charge in [0, 0.05) is 4.83 Å². The molecule has 2 rings (SSSR count). The van der Waals surface area contributed by atoms with Crippen molar-refractivity contribution in [1.82, 2.24) is 0 Å². The summed E-state index contributed by atoms with van der Waals surface area (Å²) in [4.78, 5) is 0.799. The first-order valence-electron chi connectivity index (χ1n) is 6.04. The highest BCUT2D eigenvalue weighted by molar-refractivity contribution is 9.09. The molecular weight excluding hydrogens is 248 g/mol. The minimum atomic E-state index is 0.799. The van der Waals surface area contributed by atoms with Crippen molar-refractivity contribution in [2.75, 3.05) is 0 Å². The number of rotatable bonds is 6. The van der Waals surface area contributed by atoms with Gasteiger partial charge in [0.1, 0.15) is 0 Å². The van der Waals surface area contributed by atoms with Crippen LogP contribution in [-0.4, -0.2) is 4.83 Å². The van der Waals surface area contributed by atoms with Crippen LogP contribution in [0.15, 0.2) is 30.3 Å². The molecule has 0 heterocycles. The van der Waals surface area contributed by atoms with Crippen molar-refractivity contribution in [1.29, 1.82) is 0 Å².